The number of carbonyl (C=O) groups excluding carboxylic acids is 4. The Hall–Kier alpha value is -7.25. The number of aromatic nitrogens is 3. The van der Waals surface area contributed by atoms with Gasteiger partial charge in [0.1, 0.15) is 24.2 Å². The molecule has 2 aromatic carbocycles. The SMILES string of the molecule is O=C(NC(CCCCNC(=O)c1cc(C(=O)Nc2ccc(C[C@H](NC(=O)N[C@@H](CCCO)C(=O)O)C(=O)O)cc2)cc(-n2cc(CCCF)nn2)c1)C(=O)O)NC(CCC(O)O)C(=O)O. The second-order valence-electron chi connectivity index (χ2n) is 14.5. The lowest BCUT2D eigenvalue weighted by Gasteiger charge is -2.19. The molecule has 3 aromatic rings. The Balaban J connectivity index is 1.69. The van der Waals surface area contributed by atoms with Gasteiger partial charge in [-0.25, -0.2) is 33.4 Å². The molecule has 354 valence electrons. The van der Waals surface area contributed by atoms with Gasteiger partial charge in [-0.15, -0.1) is 5.10 Å². The number of anilines is 1. The number of aryl methyl sites for hydroxylation is 1. The number of aliphatic carboxylic acids is 4. The van der Waals surface area contributed by atoms with Crippen molar-refractivity contribution in [3.8, 4) is 5.69 Å². The van der Waals surface area contributed by atoms with Crippen LogP contribution in [0, 0.1) is 0 Å². The number of hydrogen-bond donors (Lipinski definition) is 13. The number of carbonyl (C=O) groups is 8. The average Bonchev–Trinajstić information content (AvgIpc) is 3.74. The molecule has 0 saturated carbocycles. The van der Waals surface area contributed by atoms with Crippen LogP contribution in [-0.2, 0) is 32.0 Å². The molecular formula is C40H52FN9O15. The maximum Gasteiger partial charge on any atom is 0.326 e. The van der Waals surface area contributed by atoms with Crippen LogP contribution in [0.2, 0.25) is 0 Å². The van der Waals surface area contributed by atoms with Gasteiger partial charge in [0.15, 0.2) is 6.29 Å². The van der Waals surface area contributed by atoms with E-state index in [4.69, 9.17) is 15.3 Å². The summed E-state index contributed by atoms with van der Waals surface area (Å²) in [5.74, 6) is -6.97. The van der Waals surface area contributed by atoms with E-state index in [1.807, 2.05) is 0 Å². The predicted molar refractivity (Wildman–Crippen MR) is 223 cm³/mol. The Morgan fingerprint density at radius 3 is 1.72 bits per heavy atom. The van der Waals surface area contributed by atoms with Crippen molar-refractivity contribution in [3.05, 3.63) is 71.0 Å². The highest BCUT2D eigenvalue weighted by atomic mass is 19.1. The summed E-state index contributed by atoms with van der Waals surface area (Å²) >= 11 is 0. The smallest absolute Gasteiger partial charge is 0.326 e. The lowest BCUT2D eigenvalue weighted by atomic mass is 10.0. The minimum absolute atomic E-state index is 0.00609. The summed E-state index contributed by atoms with van der Waals surface area (Å²) in [6.45, 7) is -0.871. The molecule has 1 aromatic heterocycles. The van der Waals surface area contributed by atoms with E-state index in [1.54, 1.807) is 0 Å². The van der Waals surface area contributed by atoms with Gasteiger partial charge in [-0.1, -0.05) is 17.3 Å². The van der Waals surface area contributed by atoms with E-state index in [2.05, 4.69) is 42.2 Å². The second kappa shape index (κ2) is 26.4. The number of rotatable bonds is 28. The van der Waals surface area contributed by atoms with Crippen molar-refractivity contribution in [1.29, 1.82) is 0 Å². The zero-order valence-electron chi connectivity index (χ0n) is 34.8. The number of alkyl halides is 1. The molecule has 0 fully saturated rings. The number of aliphatic hydroxyl groups is 3. The first-order chi connectivity index (χ1) is 30.9. The third-order valence-electron chi connectivity index (χ3n) is 9.45. The van der Waals surface area contributed by atoms with Crippen LogP contribution in [0.25, 0.3) is 5.69 Å². The zero-order chi connectivity index (χ0) is 48.1. The Morgan fingerprint density at radius 1 is 0.646 bits per heavy atom. The van der Waals surface area contributed by atoms with E-state index in [0.29, 0.717) is 11.3 Å². The van der Waals surface area contributed by atoms with Crippen LogP contribution in [0.5, 0.6) is 0 Å². The Morgan fingerprint density at radius 2 is 1.18 bits per heavy atom. The molecule has 3 rings (SSSR count). The van der Waals surface area contributed by atoms with Gasteiger partial charge in [-0.2, -0.15) is 0 Å². The molecule has 0 aliphatic carbocycles. The molecule has 1 heterocycles. The Labute approximate surface area is 369 Å². The topological polar surface area (TPSA) is 381 Å². The van der Waals surface area contributed by atoms with Crippen molar-refractivity contribution in [1.82, 2.24) is 41.6 Å². The predicted octanol–water partition coefficient (Wildman–Crippen LogP) is 0.139. The number of nitrogens with zero attached hydrogens (tertiary/aromatic N) is 3. The number of hydrogen-bond acceptors (Lipinski definition) is 13. The summed E-state index contributed by atoms with van der Waals surface area (Å²) < 4.78 is 14.1. The number of unbranched alkanes of at least 4 members (excludes halogenated alkanes) is 1. The fourth-order valence-electron chi connectivity index (χ4n) is 6.03. The average molecular weight is 918 g/mol. The van der Waals surface area contributed by atoms with E-state index in [-0.39, 0.29) is 99.9 Å². The molecule has 2 unspecified atom stereocenters. The number of amides is 6. The van der Waals surface area contributed by atoms with E-state index in [9.17, 15) is 63.2 Å². The molecule has 6 amide bonds. The summed E-state index contributed by atoms with van der Waals surface area (Å²) in [7, 11) is 0. The van der Waals surface area contributed by atoms with Crippen molar-refractivity contribution >= 4 is 53.4 Å². The van der Waals surface area contributed by atoms with Crippen molar-refractivity contribution in [2.75, 3.05) is 25.1 Å². The van der Waals surface area contributed by atoms with E-state index in [1.165, 1.54) is 53.3 Å². The summed E-state index contributed by atoms with van der Waals surface area (Å²) in [5.41, 5.74) is 1.35. The highest BCUT2D eigenvalue weighted by Gasteiger charge is 2.26. The fraction of sp³-hybridized carbons (Fsp3) is 0.450. The van der Waals surface area contributed by atoms with Crippen LogP contribution < -0.4 is 31.9 Å². The highest BCUT2D eigenvalue weighted by Crippen LogP contribution is 2.19. The molecular weight excluding hydrogens is 865 g/mol. The lowest BCUT2D eigenvalue weighted by molar-refractivity contribution is -0.141. The number of carboxylic acid groups (broad SMARTS) is 4. The summed E-state index contributed by atoms with van der Waals surface area (Å²) in [5, 5.41) is 86.9. The molecule has 65 heavy (non-hydrogen) atoms. The van der Waals surface area contributed by atoms with Crippen LogP contribution in [0.4, 0.5) is 19.7 Å². The third kappa shape index (κ3) is 18.2. The van der Waals surface area contributed by atoms with Crippen molar-refractivity contribution in [3.63, 3.8) is 0 Å². The van der Waals surface area contributed by atoms with Gasteiger partial charge in [-0.3, -0.25) is 14.0 Å². The van der Waals surface area contributed by atoms with Crippen molar-refractivity contribution < 1.29 is 78.5 Å². The van der Waals surface area contributed by atoms with Crippen molar-refractivity contribution in [2.45, 2.75) is 94.7 Å². The summed E-state index contributed by atoms with van der Waals surface area (Å²) in [4.78, 5) is 98.3. The quantitative estimate of drug-likeness (QED) is 0.0340. The van der Waals surface area contributed by atoms with Crippen LogP contribution >= 0.6 is 0 Å². The van der Waals surface area contributed by atoms with Crippen LogP contribution in [0.1, 0.15) is 83.3 Å². The third-order valence-corrected chi connectivity index (χ3v) is 9.45. The summed E-state index contributed by atoms with van der Waals surface area (Å²) in [6, 6.07) is 2.12. The molecule has 25 heteroatoms. The summed E-state index contributed by atoms with van der Waals surface area (Å²) in [6.07, 6.45) is -0.468. The van der Waals surface area contributed by atoms with Gasteiger partial charge < -0.3 is 67.6 Å². The van der Waals surface area contributed by atoms with E-state index >= 15 is 0 Å². The molecule has 0 radical (unpaired) electrons. The Bertz CT molecular complexity index is 2120. The number of nitrogens with one attached hydrogen (secondary N) is 6. The van der Waals surface area contributed by atoms with Crippen LogP contribution in [0.3, 0.4) is 0 Å². The maximum absolute atomic E-state index is 13.6. The Kier molecular flexibility index (Phi) is 21.2. The standard InChI is InChI=1S/C40H52FN9O15/c41-14-3-5-26-21-50(49-48-26)27-19-23(33(54)42-15-2-1-6-28(35(56)57)44-39(64)46-30(37(60)61)12-13-32(52)53)18-24(20-27)34(55)43-25-10-8-22(9-11-25)17-31(38(62)63)47-40(65)45-29(36(58)59)7-4-16-51/h8-11,18-21,28-32,51-53H,1-7,12-17H2,(H,42,54)(H,43,55)(H,56,57)(H,58,59)(H,60,61)(H,62,63)(H2,44,46,64)(H2,45,47,65)/t28?,29-,30?,31-/m0/s1. The number of carboxylic acids is 4. The normalized spacial score (nSPS) is 12.8. The number of aliphatic hydroxyl groups excluding tert-OH is 2. The van der Waals surface area contributed by atoms with Gasteiger partial charge in [-0.05, 0) is 87.3 Å². The molecule has 13 N–H and O–H groups in total. The lowest BCUT2D eigenvalue weighted by Crippen LogP contribution is -2.51. The molecule has 4 atom stereocenters. The highest BCUT2D eigenvalue weighted by molar-refractivity contribution is 6.06. The molecule has 0 aliphatic rings. The van der Waals surface area contributed by atoms with Crippen LogP contribution in [-0.4, -0.2) is 149 Å². The van der Waals surface area contributed by atoms with E-state index in [0.717, 1.165) is 0 Å². The second-order valence-corrected chi connectivity index (χ2v) is 14.5. The maximum atomic E-state index is 13.6. The molecule has 0 aliphatic heterocycles. The van der Waals surface area contributed by atoms with Gasteiger partial charge in [0.2, 0.25) is 0 Å². The van der Waals surface area contributed by atoms with Crippen LogP contribution in [0.15, 0.2) is 48.7 Å². The first-order valence-corrected chi connectivity index (χ1v) is 20.2. The minimum Gasteiger partial charge on any atom is -0.480 e. The fourth-order valence-corrected chi connectivity index (χ4v) is 6.03. The first kappa shape index (κ1) is 52.1. The largest absolute Gasteiger partial charge is 0.480 e. The molecule has 0 spiro atoms. The van der Waals surface area contributed by atoms with Gasteiger partial charge in [0.05, 0.1) is 24.3 Å². The van der Waals surface area contributed by atoms with Gasteiger partial charge in [0.25, 0.3) is 11.8 Å². The molecule has 24 nitrogen and oxygen atoms in total. The molecule has 0 saturated heterocycles. The first-order valence-electron chi connectivity index (χ1n) is 20.2. The van der Waals surface area contributed by atoms with Gasteiger partial charge in [0, 0.05) is 42.8 Å². The van der Waals surface area contributed by atoms with Crippen molar-refractivity contribution in [2.24, 2.45) is 0 Å². The number of urea groups is 2. The number of benzene rings is 2. The minimum atomic E-state index is -1.81. The monoisotopic (exact) mass is 917 g/mol. The number of halogens is 1. The van der Waals surface area contributed by atoms with E-state index < -0.39 is 84.9 Å². The van der Waals surface area contributed by atoms with Gasteiger partial charge >= 0.3 is 35.9 Å². The molecule has 0 bridgehead atoms. The zero-order valence-corrected chi connectivity index (χ0v) is 34.8.